The number of ether oxygens (including phenoxy) is 1. The van der Waals surface area contributed by atoms with Crippen LogP contribution in [0.1, 0.15) is 5.56 Å². The lowest BCUT2D eigenvalue weighted by molar-refractivity contribution is 0.217. The minimum absolute atomic E-state index is 0.0984. The number of alkyl halides is 2. The molecule has 0 bridgehead atoms. The highest BCUT2D eigenvalue weighted by atomic mass is 79.9. The molecule has 2 rings (SSSR count). The van der Waals surface area contributed by atoms with Gasteiger partial charge in [0.1, 0.15) is 23.0 Å². The van der Waals surface area contributed by atoms with Gasteiger partial charge in [0.15, 0.2) is 0 Å². The van der Waals surface area contributed by atoms with Crippen molar-refractivity contribution in [3.05, 3.63) is 22.2 Å². The van der Waals surface area contributed by atoms with Gasteiger partial charge in [-0.3, -0.25) is 0 Å². The first-order chi connectivity index (χ1) is 9.27. The number of rotatable bonds is 3. The van der Waals surface area contributed by atoms with E-state index < -0.39 is 35.5 Å². The maximum Gasteiger partial charge on any atom is 0.246 e. The van der Waals surface area contributed by atoms with E-state index >= 15 is 0 Å². The Morgan fingerprint density at radius 1 is 1.30 bits per heavy atom. The molecule has 1 saturated heterocycles. The second-order valence-electron chi connectivity index (χ2n) is 4.61. The molecule has 0 aliphatic carbocycles. The monoisotopic (exact) mass is 369 g/mol. The molecule has 0 amide bonds. The summed E-state index contributed by atoms with van der Waals surface area (Å²) >= 11 is 3.25. The van der Waals surface area contributed by atoms with Gasteiger partial charge in [-0.15, -0.1) is 0 Å². The van der Waals surface area contributed by atoms with Crippen LogP contribution < -0.4 is 4.74 Å². The summed E-state index contributed by atoms with van der Waals surface area (Å²) in [6, 6.07) is 2.95. The minimum Gasteiger partial charge on any atom is -0.495 e. The predicted molar refractivity (Wildman–Crippen MR) is 74.0 cm³/mol. The number of hydrogen-bond acceptors (Lipinski definition) is 3. The van der Waals surface area contributed by atoms with Gasteiger partial charge in [0.2, 0.25) is 10.0 Å². The molecule has 0 N–H and O–H groups in total. The largest absolute Gasteiger partial charge is 0.495 e. The smallest absolute Gasteiger partial charge is 0.246 e. The summed E-state index contributed by atoms with van der Waals surface area (Å²) in [5, 5.41) is 0. The molecule has 1 fully saturated rings. The van der Waals surface area contributed by atoms with Crippen molar-refractivity contribution >= 4 is 26.0 Å². The van der Waals surface area contributed by atoms with Crippen molar-refractivity contribution in [1.29, 1.82) is 0 Å². The molecule has 1 aromatic carbocycles. The maximum absolute atomic E-state index is 13.2. The van der Waals surface area contributed by atoms with Crippen molar-refractivity contribution in [1.82, 2.24) is 4.31 Å². The Morgan fingerprint density at radius 3 is 2.35 bits per heavy atom. The lowest BCUT2D eigenvalue weighted by Gasteiger charge is -2.18. The topological polar surface area (TPSA) is 46.6 Å². The molecule has 8 heteroatoms. The van der Waals surface area contributed by atoms with Crippen LogP contribution in [0, 0.1) is 6.92 Å². The second-order valence-corrected chi connectivity index (χ2v) is 7.37. The summed E-state index contributed by atoms with van der Waals surface area (Å²) < 4.78 is 57.8. The highest BCUT2D eigenvalue weighted by Crippen LogP contribution is 2.34. The van der Waals surface area contributed by atoms with Gasteiger partial charge < -0.3 is 4.74 Å². The lowest BCUT2D eigenvalue weighted by Crippen LogP contribution is -2.30. The molecule has 20 heavy (non-hydrogen) atoms. The molecule has 0 spiro atoms. The molecule has 2 atom stereocenters. The number of aryl methyl sites for hydroxylation is 1. The second kappa shape index (κ2) is 5.57. The predicted octanol–water partition coefficient (Wildman–Crippen LogP) is 2.45. The van der Waals surface area contributed by atoms with Gasteiger partial charge in [-0.25, -0.2) is 17.2 Å². The minimum atomic E-state index is -3.99. The van der Waals surface area contributed by atoms with Crippen LogP contribution in [-0.2, 0) is 10.0 Å². The fraction of sp³-hybridized carbons (Fsp3) is 0.500. The van der Waals surface area contributed by atoms with E-state index in [4.69, 9.17) is 4.74 Å². The summed E-state index contributed by atoms with van der Waals surface area (Å²) in [5.41, 5.74) is 0.800. The van der Waals surface area contributed by atoms with Gasteiger partial charge in [0, 0.05) is 17.6 Å². The highest BCUT2D eigenvalue weighted by Gasteiger charge is 2.41. The molecule has 1 heterocycles. The standard InChI is InChI=1S/C12H14BrF2NO3S/c1-7-3-11(19-2)12(4-8(7)13)20(17,18)16-5-9(14)10(15)6-16/h3-4,9-10H,5-6H2,1-2H3/t9-,10+. The van der Waals surface area contributed by atoms with Gasteiger partial charge in [0.25, 0.3) is 0 Å². The average molecular weight is 370 g/mol. The van der Waals surface area contributed by atoms with E-state index in [1.54, 1.807) is 13.0 Å². The Kier molecular flexibility index (Phi) is 4.36. The summed E-state index contributed by atoms with van der Waals surface area (Å²) in [7, 11) is -2.64. The Hall–Kier alpha value is -0.730. The van der Waals surface area contributed by atoms with Crippen molar-refractivity contribution in [3.63, 3.8) is 0 Å². The fourth-order valence-electron chi connectivity index (χ4n) is 2.03. The van der Waals surface area contributed by atoms with E-state index in [0.717, 1.165) is 9.87 Å². The van der Waals surface area contributed by atoms with Crippen LogP contribution in [-0.4, -0.2) is 45.3 Å². The number of halogens is 3. The first-order valence-electron chi connectivity index (χ1n) is 5.89. The summed E-state index contributed by atoms with van der Waals surface area (Å²) in [6.45, 7) is 0.838. The number of methoxy groups -OCH3 is 1. The molecule has 0 saturated carbocycles. The van der Waals surface area contributed by atoms with E-state index in [-0.39, 0.29) is 10.6 Å². The Labute approximate surface area is 124 Å². The Bertz CT molecular complexity index is 613. The molecule has 4 nitrogen and oxygen atoms in total. The quantitative estimate of drug-likeness (QED) is 0.821. The van der Waals surface area contributed by atoms with E-state index in [2.05, 4.69) is 15.9 Å². The molecular formula is C12H14BrF2NO3S. The number of sulfonamides is 1. The van der Waals surface area contributed by atoms with Crippen molar-refractivity contribution in [2.45, 2.75) is 24.2 Å². The molecular weight excluding hydrogens is 356 g/mol. The SMILES string of the molecule is COc1cc(C)c(Br)cc1S(=O)(=O)N1C[C@@H](F)[C@@H](F)C1. The van der Waals surface area contributed by atoms with E-state index in [9.17, 15) is 17.2 Å². The van der Waals surface area contributed by atoms with E-state index in [0.29, 0.717) is 4.47 Å². The van der Waals surface area contributed by atoms with Crippen LogP contribution in [0.2, 0.25) is 0 Å². The molecule has 0 aromatic heterocycles. The van der Waals surface area contributed by atoms with Crippen molar-refractivity contribution < 1.29 is 21.9 Å². The van der Waals surface area contributed by atoms with Gasteiger partial charge in [0.05, 0.1) is 7.11 Å². The van der Waals surface area contributed by atoms with Crippen molar-refractivity contribution in [3.8, 4) is 5.75 Å². The van der Waals surface area contributed by atoms with Crippen molar-refractivity contribution in [2.24, 2.45) is 0 Å². The van der Waals surface area contributed by atoms with Gasteiger partial charge in [-0.1, -0.05) is 15.9 Å². The lowest BCUT2D eigenvalue weighted by atomic mass is 10.2. The van der Waals surface area contributed by atoms with Crippen LogP contribution in [0.4, 0.5) is 8.78 Å². The summed E-state index contributed by atoms with van der Waals surface area (Å²) in [4.78, 5) is -0.0984. The number of benzene rings is 1. The van der Waals surface area contributed by atoms with Crippen LogP contribution in [0.3, 0.4) is 0 Å². The molecule has 1 aromatic rings. The Balaban J connectivity index is 2.47. The van der Waals surface area contributed by atoms with Crippen LogP contribution in [0.5, 0.6) is 5.75 Å². The van der Waals surface area contributed by atoms with Gasteiger partial charge >= 0.3 is 0 Å². The zero-order chi connectivity index (χ0) is 15.1. The van der Waals surface area contributed by atoms with E-state index in [1.807, 2.05) is 0 Å². The zero-order valence-corrected chi connectivity index (χ0v) is 13.3. The van der Waals surface area contributed by atoms with E-state index in [1.165, 1.54) is 13.2 Å². The van der Waals surface area contributed by atoms with Gasteiger partial charge in [-0.2, -0.15) is 4.31 Å². The molecule has 112 valence electrons. The highest BCUT2D eigenvalue weighted by molar-refractivity contribution is 9.10. The zero-order valence-electron chi connectivity index (χ0n) is 10.9. The van der Waals surface area contributed by atoms with Crippen LogP contribution >= 0.6 is 15.9 Å². The molecule has 0 radical (unpaired) electrons. The first kappa shape index (κ1) is 15.7. The average Bonchev–Trinajstić information content (AvgIpc) is 2.73. The first-order valence-corrected chi connectivity index (χ1v) is 8.13. The molecule has 1 aliphatic rings. The molecule has 1 aliphatic heterocycles. The maximum atomic E-state index is 13.2. The third kappa shape index (κ3) is 2.68. The fourth-order valence-corrected chi connectivity index (χ4v) is 4.14. The normalized spacial score (nSPS) is 24.1. The molecule has 0 unspecified atom stereocenters. The Morgan fingerprint density at radius 2 is 1.85 bits per heavy atom. The van der Waals surface area contributed by atoms with Crippen molar-refractivity contribution in [2.75, 3.05) is 20.2 Å². The number of hydrogen-bond donors (Lipinski definition) is 0. The van der Waals surface area contributed by atoms with Crippen LogP contribution in [0.15, 0.2) is 21.5 Å². The third-order valence-corrected chi connectivity index (χ3v) is 5.92. The summed E-state index contributed by atoms with van der Waals surface area (Å²) in [6.07, 6.45) is -3.57. The van der Waals surface area contributed by atoms with Gasteiger partial charge in [-0.05, 0) is 24.6 Å². The van der Waals surface area contributed by atoms with Crippen LogP contribution in [0.25, 0.3) is 0 Å². The third-order valence-electron chi connectivity index (χ3n) is 3.21. The summed E-state index contributed by atoms with van der Waals surface area (Å²) in [5.74, 6) is 0.156. The number of nitrogens with zero attached hydrogens (tertiary/aromatic N) is 1.